The number of hydrogen-bond acceptors (Lipinski definition) is 4. The molecule has 0 saturated heterocycles. The zero-order valence-corrected chi connectivity index (χ0v) is 15.4. The number of thiazole rings is 1. The Hall–Kier alpha value is -2.66. The molecule has 4 nitrogen and oxygen atoms in total. The maximum absolute atomic E-state index is 12.2. The first-order valence-electron chi connectivity index (χ1n) is 8.15. The molecule has 0 spiro atoms. The van der Waals surface area contributed by atoms with Crippen LogP contribution in [0.15, 0.2) is 47.8 Å². The third-order valence-corrected chi connectivity index (χ3v) is 5.06. The van der Waals surface area contributed by atoms with Crippen LogP contribution in [0.5, 0.6) is 0 Å². The lowest BCUT2D eigenvalue weighted by Crippen LogP contribution is -2.11. The Morgan fingerprint density at radius 2 is 1.84 bits per heavy atom. The molecule has 0 aliphatic heterocycles. The molecule has 3 rings (SSSR count). The molecule has 0 saturated carbocycles. The van der Waals surface area contributed by atoms with E-state index in [1.54, 1.807) is 0 Å². The first-order valence-corrected chi connectivity index (χ1v) is 9.03. The van der Waals surface area contributed by atoms with Gasteiger partial charge in [0, 0.05) is 23.2 Å². The number of anilines is 2. The highest BCUT2D eigenvalue weighted by atomic mass is 32.1. The monoisotopic (exact) mass is 351 g/mol. The lowest BCUT2D eigenvalue weighted by molar-refractivity contribution is 0.102. The number of aromatic nitrogens is 1. The van der Waals surface area contributed by atoms with Gasteiger partial charge < -0.3 is 5.32 Å². The lowest BCUT2D eigenvalue weighted by Gasteiger charge is -2.11. The fourth-order valence-electron chi connectivity index (χ4n) is 2.52. The van der Waals surface area contributed by atoms with Crippen molar-refractivity contribution in [3.63, 3.8) is 0 Å². The minimum Gasteiger partial charge on any atom is -0.381 e. The van der Waals surface area contributed by atoms with Crippen molar-refractivity contribution >= 4 is 28.1 Å². The van der Waals surface area contributed by atoms with Crippen LogP contribution in [-0.2, 0) is 6.54 Å². The summed E-state index contributed by atoms with van der Waals surface area (Å²) in [6.45, 7) is 6.93. The summed E-state index contributed by atoms with van der Waals surface area (Å²) in [6, 6.07) is 13.8. The summed E-state index contributed by atoms with van der Waals surface area (Å²) in [5.41, 5.74) is 6.40. The number of nitrogens with one attached hydrogen (secondary N) is 2. The smallest absolute Gasteiger partial charge is 0.257 e. The molecule has 3 aromatic rings. The van der Waals surface area contributed by atoms with Crippen molar-refractivity contribution in [2.75, 3.05) is 10.6 Å². The highest BCUT2D eigenvalue weighted by Gasteiger charge is 2.08. The third kappa shape index (κ3) is 4.25. The molecular formula is C20H21N3OS. The highest BCUT2D eigenvalue weighted by molar-refractivity contribution is 7.13. The minimum absolute atomic E-state index is 0.143. The second-order valence-corrected chi connectivity index (χ2v) is 6.90. The van der Waals surface area contributed by atoms with E-state index in [-0.39, 0.29) is 5.91 Å². The van der Waals surface area contributed by atoms with Crippen LogP contribution in [0.25, 0.3) is 0 Å². The molecular weight excluding hydrogens is 330 g/mol. The highest BCUT2D eigenvalue weighted by Crippen LogP contribution is 2.18. The number of benzene rings is 2. The fourth-order valence-corrected chi connectivity index (χ4v) is 3.20. The number of carbonyl (C=O) groups excluding carboxylic acids is 1. The van der Waals surface area contributed by atoms with Crippen molar-refractivity contribution in [2.24, 2.45) is 0 Å². The topological polar surface area (TPSA) is 54.0 Å². The Kier molecular flexibility index (Phi) is 5.14. The summed E-state index contributed by atoms with van der Waals surface area (Å²) in [5, 5.41) is 8.76. The van der Waals surface area contributed by atoms with Gasteiger partial charge in [-0.15, -0.1) is 11.3 Å². The van der Waals surface area contributed by atoms with Crippen LogP contribution in [0.1, 0.15) is 32.7 Å². The summed E-state index contributed by atoms with van der Waals surface area (Å²) >= 11 is 1.43. The number of hydrogen-bond donors (Lipinski definition) is 2. The van der Waals surface area contributed by atoms with Gasteiger partial charge in [-0.2, -0.15) is 0 Å². The Morgan fingerprint density at radius 3 is 2.52 bits per heavy atom. The van der Waals surface area contributed by atoms with E-state index in [0.717, 1.165) is 17.9 Å². The second kappa shape index (κ2) is 7.49. The van der Waals surface area contributed by atoms with E-state index in [9.17, 15) is 4.79 Å². The van der Waals surface area contributed by atoms with Crippen molar-refractivity contribution in [3.05, 3.63) is 75.8 Å². The first-order chi connectivity index (χ1) is 12.0. The molecule has 1 aromatic heterocycles. The number of amides is 1. The van der Waals surface area contributed by atoms with Crippen molar-refractivity contribution in [1.29, 1.82) is 0 Å². The van der Waals surface area contributed by atoms with Gasteiger partial charge >= 0.3 is 0 Å². The molecule has 0 atom stereocenters. The van der Waals surface area contributed by atoms with Crippen LogP contribution >= 0.6 is 11.3 Å². The molecule has 1 amide bonds. The summed E-state index contributed by atoms with van der Waals surface area (Å²) in [4.78, 5) is 16.5. The van der Waals surface area contributed by atoms with Gasteiger partial charge in [-0.05, 0) is 61.7 Å². The standard InChI is InChI=1S/C20H21N3OS/c1-13-5-4-6-17(15(13)3)11-21-18-9-7-16(8-10-18)19(24)23-20-22-14(2)12-25-20/h4-10,12,21H,11H2,1-3H3,(H,22,23,24). The van der Waals surface area contributed by atoms with Gasteiger partial charge in [-0.1, -0.05) is 18.2 Å². The molecule has 0 aliphatic rings. The molecule has 128 valence electrons. The van der Waals surface area contributed by atoms with Crippen molar-refractivity contribution < 1.29 is 4.79 Å². The summed E-state index contributed by atoms with van der Waals surface area (Å²) in [5.74, 6) is -0.143. The van der Waals surface area contributed by atoms with Crippen LogP contribution in [0.3, 0.4) is 0 Å². The van der Waals surface area contributed by atoms with E-state index in [1.165, 1.54) is 28.0 Å². The second-order valence-electron chi connectivity index (χ2n) is 6.04. The number of carbonyl (C=O) groups is 1. The Labute approximate surface area is 151 Å². The molecule has 0 radical (unpaired) electrons. The predicted molar refractivity (Wildman–Crippen MR) is 104 cm³/mol. The Balaban J connectivity index is 1.62. The van der Waals surface area contributed by atoms with Crippen molar-refractivity contribution in [1.82, 2.24) is 4.98 Å². The maximum Gasteiger partial charge on any atom is 0.257 e. The van der Waals surface area contributed by atoms with Gasteiger partial charge in [0.15, 0.2) is 5.13 Å². The van der Waals surface area contributed by atoms with Gasteiger partial charge in [-0.3, -0.25) is 10.1 Å². The largest absolute Gasteiger partial charge is 0.381 e. The fraction of sp³-hybridized carbons (Fsp3) is 0.200. The minimum atomic E-state index is -0.143. The molecule has 0 fully saturated rings. The maximum atomic E-state index is 12.2. The number of nitrogens with zero attached hydrogens (tertiary/aromatic N) is 1. The molecule has 0 aliphatic carbocycles. The molecule has 1 heterocycles. The Bertz CT molecular complexity index is 884. The van der Waals surface area contributed by atoms with Gasteiger partial charge in [-0.25, -0.2) is 4.98 Å². The van der Waals surface area contributed by atoms with E-state index in [1.807, 2.05) is 36.6 Å². The summed E-state index contributed by atoms with van der Waals surface area (Å²) in [6.07, 6.45) is 0. The van der Waals surface area contributed by atoms with Crippen LogP contribution < -0.4 is 10.6 Å². The molecule has 0 bridgehead atoms. The van der Waals surface area contributed by atoms with Crippen LogP contribution in [0.2, 0.25) is 0 Å². The number of aryl methyl sites for hydroxylation is 2. The van der Waals surface area contributed by atoms with E-state index >= 15 is 0 Å². The molecule has 2 aromatic carbocycles. The third-order valence-electron chi connectivity index (χ3n) is 4.19. The van der Waals surface area contributed by atoms with E-state index in [4.69, 9.17) is 0 Å². The summed E-state index contributed by atoms with van der Waals surface area (Å²) in [7, 11) is 0. The molecule has 5 heteroatoms. The van der Waals surface area contributed by atoms with Crippen LogP contribution in [-0.4, -0.2) is 10.9 Å². The van der Waals surface area contributed by atoms with E-state index in [0.29, 0.717) is 10.7 Å². The van der Waals surface area contributed by atoms with Crippen molar-refractivity contribution in [3.8, 4) is 0 Å². The molecule has 25 heavy (non-hydrogen) atoms. The van der Waals surface area contributed by atoms with Gasteiger partial charge in [0.1, 0.15) is 0 Å². The van der Waals surface area contributed by atoms with Crippen LogP contribution in [0.4, 0.5) is 10.8 Å². The quantitative estimate of drug-likeness (QED) is 0.685. The van der Waals surface area contributed by atoms with Crippen molar-refractivity contribution in [2.45, 2.75) is 27.3 Å². The Morgan fingerprint density at radius 1 is 1.08 bits per heavy atom. The van der Waals surface area contributed by atoms with Gasteiger partial charge in [0.2, 0.25) is 0 Å². The SMILES string of the molecule is Cc1csc(NC(=O)c2ccc(NCc3cccc(C)c3C)cc2)n1. The molecule has 2 N–H and O–H groups in total. The number of rotatable bonds is 5. The lowest BCUT2D eigenvalue weighted by atomic mass is 10.0. The zero-order valence-electron chi connectivity index (χ0n) is 14.6. The predicted octanol–water partition coefficient (Wildman–Crippen LogP) is 4.93. The normalized spacial score (nSPS) is 10.5. The average Bonchev–Trinajstić information content (AvgIpc) is 3.01. The van der Waals surface area contributed by atoms with E-state index < -0.39 is 0 Å². The first kappa shape index (κ1) is 17.2. The van der Waals surface area contributed by atoms with Gasteiger partial charge in [0.25, 0.3) is 5.91 Å². The van der Waals surface area contributed by atoms with Gasteiger partial charge in [0.05, 0.1) is 5.69 Å². The van der Waals surface area contributed by atoms with E-state index in [2.05, 4.69) is 47.7 Å². The molecule has 0 unspecified atom stereocenters. The summed E-state index contributed by atoms with van der Waals surface area (Å²) < 4.78 is 0. The van der Waals surface area contributed by atoms with Crippen LogP contribution in [0, 0.1) is 20.8 Å². The average molecular weight is 351 g/mol. The zero-order chi connectivity index (χ0) is 17.8.